The highest BCUT2D eigenvalue weighted by atomic mass is 32.2. The molecule has 9 nitrogen and oxygen atoms in total. The molecule has 1 fully saturated rings. The molecule has 1 aromatic carbocycles. The number of nitrogens with zero attached hydrogens (tertiary/aromatic N) is 4. The third-order valence-electron chi connectivity index (χ3n) is 4.18. The van der Waals surface area contributed by atoms with Crippen molar-refractivity contribution in [3.63, 3.8) is 0 Å². The number of hydrogen-bond donors (Lipinski definition) is 1. The van der Waals surface area contributed by atoms with E-state index in [1.165, 1.54) is 25.4 Å². The summed E-state index contributed by atoms with van der Waals surface area (Å²) in [4.78, 5) is 22.5. The zero-order valence-corrected chi connectivity index (χ0v) is 15.0. The molecule has 0 radical (unpaired) electrons. The predicted molar refractivity (Wildman–Crippen MR) is 94.7 cm³/mol. The molecule has 1 saturated heterocycles. The van der Waals surface area contributed by atoms with Gasteiger partial charge in [0.2, 0.25) is 22.2 Å². The molecule has 1 aromatic heterocycles. The lowest BCUT2D eigenvalue weighted by molar-refractivity contribution is -0.118. The summed E-state index contributed by atoms with van der Waals surface area (Å²) in [6.07, 6.45) is 2.03. The lowest BCUT2D eigenvalue weighted by Gasteiger charge is -2.32. The quantitative estimate of drug-likeness (QED) is 0.733. The largest absolute Gasteiger partial charge is 0.497 e. The topological polar surface area (TPSA) is 119 Å². The highest BCUT2D eigenvalue weighted by molar-refractivity contribution is 7.91. The Hall–Kier alpha value is -2.88. The number of nitrogen functional groups attached to an aromatic ring is 1. The summed E-state index contributed by atoms with van der Waals surface area (Å²) in [5.74, 6) is 0.795. The fourth-order valence-electron chi connectivity index (χ4n) is 2.64. The molecule has 0 aliphatic carbocycles. The van der Waals surface area contributed by atoms with E-state index < -0.39 is 9.84 Å². The number of benzene rings is 1. The number of ether oxygens (including phenoxy) is 1. The Balaban J connectivity index is 1.85. The van der Waals surface area contributed by atoms with Crippen LogP contribution in [0.25, 0.3) is 0 Å². The van der Waals surface area contributed by atoms with E-state index in [9.17, 15) is 13.2 Å². The smallest absolute Gasteiger partial charge is 0.227 e. The van der Waals surface area contributed by atoms with Gasteiger partial charge in [0.05, 0.1) is 18.2 Å². The molecule has 1 amide bonds. The van der Waals surface area contributed by atoms with Crippen LogP contribution in [0, 0.1) is 0 Å². The predicted octanol–water partition coefficient (Wildman–Crippen LogP) is 0.179. The number of sulfone groups is 1. The van der Waals surface area contributed by atoms with E-state index in [0.29, 0.717) is 37.9 Å². The van der Waals surface area contributed by atoms with Crippen LogP contribution in [-0.4, -0.2) is 63.0 Å². The van der Waals surface area contributed by atoms with Crippen molar-refractivity contribution in [2.24, 2.45) is 0 Å². The summed E-state index contributed by atoms with van der Waals surface area (Å²) in [6, 6.07) is 6.01. The van der Waals surface area contributed by atoms with E-state index in [1.54, 1.807) is 17.0 Å². The number of anilines is 2. The minimum absolute atomic E-state index is 0.0842. The van der Waals surface area contributed by atoms with E-state index >= 15 is 0 Å². The van der Waals surface area contributed by atoms with E-state index in [4.69, 9.17) is 10.5 Å². The Labute approximate surface area is 151 Å². The minimum atomic E-state index is -3.83. The van der Waals surface area contributed by atoms with Gasteiger partial charge in [0.25, 0.3) is 0 Å². The summed E-state index contributed by atoms with van der Waals surface area (Å²) in [7, 11) is -2.33. The molecule has 0 atom stereocenters. The van der Waals surface area contributed by atoms with E-state index in [0.717, 1.165) is 6.41 Å². The second kappa shape index (κ2) is 7.16. The summed E-state index contributed by atoms with van der Waals surface area (Å²) in [5.41, 5.74) is 5.91. The molecule has 3 rings (SSSR count). The lowest BCUT2D eigenvalue weighted by atomic mass is 10.3. The van der Waals surface area contributed by atoms with Gasteiger partial charge >= 0.3 is 0 Å². The normalized spacial score (nSPS) is 15.0. The summed E-state index contributed by atoms with van der Waals surface area (Å²) in [5, 5.41) is 0. The van der Waals surface area contributed by atoms with Gasteiger partial charge in [-0.2, -0.15) is 4.98 Å². The number of piperazine rings is 1. The van der Waals surface area contributed by atoms with Gasteiger partial charge in [0.15, 0.2) is 0 Å². The maximum Gasteiger partial charge on any atom is 0.227 e. The van der Waals surface area contributed by atoms with Crippen LogP contribution in [0.1, 0.15) is 0 Å². The van der Waals surface area contributed by atoms with Crippen LogP contribution in [0.4, 0.5) is 11.8 Å². The van der Waals surface area contributed by atoms with E-state index in [-0.39, 0.29) is 15.6 Å². The number of methoxy groups -OCH3 is 1. The zero-order chi connectivity index (χ0) is 18.7. The van der Waals surface area contributed by atoms with Gasteiger partial charge in [0, 0.05) is 26.2 Å². The molecule has 2 aromatic rings. The molecule has 26 heavy (non-hydrogen) atoms. The zero-order valence-electron chi connectivity index (χ0n) is 14.2. The highest BCUT2D eigenvalue weighted by Crippen LogP contribution is 2.27. The first-order valence-corrected chi connectivity index (χ1v) is 9.40. The van der Waals surface area contributed by atoms with E-state index in [1.807, 2.05) is 4.90 Å². The number of carbonyl (C=O) groups excluding carboxylic acids is 1. The van der Waals surface area contributed by atoms with Crippen molar-refractivity contribution in [1.82, 2.24) is 14.9 Å². The second-order valence-electron chi connectivity index (χ2n) is 5.73. The van der Waals surface area contributed by atoms with Crippen LogP contribution in [0.3, 0.4) is 0 Å². The van der Waals surface area contributed by atoms with Gasteiger partial charge in [-0.1, -0.05) is 0 Å². The minimum Gasteiger partial charge on any atom is -0.497 e. The molecule has 0 bridgehead atoms. The second-order valence-corrected chi connectivity index (χ2v) is 7.64. The molecule has 1 aliphatic rings. The number of amides is 1. The van der Waals surface area contributed by atoms with Crippen molar-refractivity contribution in [1.29, 1.82) is 0 Å². The molecule has 1 aliphatic heterocycles. The van der Waals surface area contributed by atoms with Gasteiger partial charge < -0.3 is 20.3 Å². The highest BCUT2D eigenvalue weighted by Gasteiger charge is 2.24. The van der Waals surface area contributed by atoms with Crippen LogP contribution in [0.5, 0.6) is 5.75 Å². The van der Waals surface area contributed by atoms with Crippen molar-refractivity contribution >= 4 is 28.0 Å². The summed E-state index contributed by atoms with van der Waals surface area (Å²) >= 11 is 0. The van der Waals surface area contributed by atoms with Crippen molar-refractivity contribution in [2.45, 2.75) is 9.79 Å². The number of nitrogens with two attached hydrogens (primary N) is 1. The van der Waals surface area contributed by atoms with Crippen LogP contribution in [-0.2, 0) is 14.6 Å². The van der Waals surface area contributed by atoms with Crippen LogP contribution < -0.4 is 15.4 Å². The van der Waals surface area contributed by atoms with Gasteiger partial charge in [-0.3, -0.25) is 4.79 Å². The fraction of sp³-hybridized carbons (Fsp3) is 0.312. The Morgan fingerprint density at radius 2 is 1.81 bits per heavy atom. The first-order chi connectivity index (χ1) is 12.5. The van der Waals surface area contributed by atoms with Crippen LogP contribution >= 0.6 is 0 Å². The first-order valence-electron chi connectivity index (χ1n) is 7.91. The summed E-state index contributed by atoms with van der Waals surface area (Å²) < 4.78 is 30.6. The standard InChI is InChI=1S/C16H19N5O4S/c1-25-12-2-4-13(5-3-12)26(23,24)14-10-18-16(19-15(14)17)21-8-6-20(11-22)7-9-21/h2-5,10-11H,6-9H2,1H3,(H2,17,18,19). The van der Waals surface area contributed by atoms with Crippen LogP contribution in [0.2, 0.25) is 0 Å². The Kier molecular flexibility index (Phi) is 4.94. The molecular weight excluding hydrogens is 358 g/mol. The molecular formula is C16H19N5O4S. The van der Waals surface area contributed by atoms with Crippen molar-refractivity contribution in [3.8, 4) is 5.75 Å². The first kappa shape index (κ1) is 17.9. The van der Waals surface area contributed by atoms with Gasteiger partial charge in [-0.25, -0.2) is 13.4 Å². The van der Waals surface area contributed by atoms with Crippen molar-refractivity contribution in [3.05, 3.63) is 30.5 Å². The number of rotatable bonds is 5. The van der Waals surface area contributed by atoms with Crippen molar-refractivity contribution < 1.29 is 17.9 Å². The Bertz CT molecular complexity index is 893. The van der Waals surface area contributed by atoms with Crippen LogP contribution in [0.15, 0.2) is 40.3 Å². The SMILES string of the molecule is COc1ccc(S(=O)(=O)c2cnc(N3CCN(C=O)CC3)nc2N)cc1. The molecule has 138 valence electrons. The monoisotopic (exact) mass is 377 g/mol. The summed E-state index contributed by atoms with van der Waals surface area (Å²) in [6.45, 7) is 2.23. The van der Waals surface area contributed by atoms with E-state index in [2.05, 4.69) is 9.97 Å². The molecule has 0 saturated carbocycles. The molecule has 2 N–H and O–H groups in total. The molecule has 0 spiro atoms. The van der Waals surface area contributed by atoms with Crippen molar-refractivity contribution in [2.75, 3.05) is 43.9 Å². The molecule has 10 heteroatoms. The average Bonchev–Trinajstić information content (AvgIpc) is 2.67. The number of carbonyl (C=O) groups is 1. The third-order valence-corrected chi connectivity index (χ3v) is 5.96. The fourth-order valence-corrected chi connectivity index (χ4v) is 3.90. The number of aromatic nitrogens is 2. The van der Waals surface area contributed by atoms with Gasteiger partial charge in [-0.15, -0.1) is 0 Å². The molecule has 2 heterocycles. The third kappa shape index (κ3) is 3.40. The van der Waals surface area contributed by atoms with Gasteiger partial charge in [-0.05, 0) is 24.3 Å². The lowest BCUT2D eigenvalue weighted by Crippen LogP contribution is -2.46. The average molecular weight is 377 g/mol. The number of hydrogen-bond acceptors (Lipinski definition) is 8. The maximum absolute atomic E-state index is 12.8. The maximum atomic E-state index is 12.8. The van der Waals surface area contributed by atoms with Gasteiger partial charge in [0.1, 0.15) is 16.5 Å². The Morgan fingerprint density at radius 3 is 2.35 bits per heavy atom. The Morgan fingerprint density at radius 1 is 1.15 bits per heavy atom. The molecule has 0 unspecified atom stereocenters.